The van der Waals surface area contributed by atoms with Crippen molar-refractivity contribution in [2.75, 3.05) is 13.7 Å². The van der Waals surface area contributed by atoms with Crippen LogP contribution in [-0.2, 0) is 34.0 Å². The molecule has 2 aromatic heterocycles. The number of rotatable bonds is 10. The molecule has 8 nitrogen and oxygen atoms in total. The number of aromatic nitrogens is 3. The minimum absolute atomic E-state index is 0.0451. The molecule has 0 saturated carbocycles. The highest BCUT2D eigenvalue weighted by Crippen LogP contribution is 2.32. The summed E-state index contributed by atoms with van der Waals surface area (Å²) in [7, 11) is 1.61. The van der Waals surface area contributed by atoms with Gasteiger partial charge in [0.15, 0.2) is 5.79 Å². The highest BCUT2D eigenvalue weighted by molar-refractivity contribution is 5.83. The lowest BCUT2D eigenvalue weighted by Crippen LogP contribution is -2.26. The van der Waals surface area contributed by atoms with Crippen LogP contribution >= 0.6 is 0 Å². The monoisotopic (exact) mass is 441 g/mol. The molecule has 172 valence electrons. The number of aryl methyl sites for hydroxylation is 1. The van der Waals surface area contributed by atoms with E-state index in [2.05, 4.69) is 16.2 Å². The van der Waals surface area contributed by atoms with E-state index < -0.39 is 5.79 Å². The third kappa shape index (κ3) is 5.10. The molecule has 0 spiro atoms. The van der Waals surface area contributed by atoms with Crippen molar-refractivity contribution in [3.63, 3.8) is 0 Å². The maximum absolute atomic E-state index is 9.60. The number of benzene rings is 1. The largest absolute Gasteiger partial charge is 0.479 e. The fourth-order valence-electron chi connectivity index (χ4n) is 4.24. The molecule has 32 heavy (non-hydrogen) atoms. The summed E-state index contributed by atoms with van der Waals surface area (Å²) in [6.45, 7) is 4.60. The number of ether oxygens (including phenoxy) is 4. The molecule has 1 saturated heterocycles. The van der Waals surface area contributed by atoms with Crippen LogP contribution in [0.4, 0.5) is 0 Å². The number of aliphatic hydroxyl groups is 1. The van der Waals surface area contributed by atoms with Crippen LogP contribution in [-0.4, -0.2) is 51.4 Å². The minimum Gasteiger partial charge on any atom is -0.479 e. The van der Waals surface area contributed by atoms with Crippen molar-refractivity contribution in [3.8, 4) is 5.88 Å². The van der Waals surface area contributed by atoms with Crippen molar-refractivity contribution in [1.82, 2.24) is 14.5 Å². The lowest BCUT2D eigenvalue weighted by Gasteiger charge is -2.16. The Labute approximate surface area is 188 Å². The van der Waals surface area contributed by atoms with Crippen molar-refractivity contribution in [3.05, 3.63) is 54.0 Å². The van der Waals surface area contributed by atoms with Gasteiger partial charge in [0.05, 0.1) is 31.9 Å². The van der Waals surface area contributed by atoms with Crippen molar-refractivity contribution in [2.24, 2.45) is 0 Å². The maximum Gasteiger partial charge on any atom is 0.241 e. The molecule has 0 bridgehead atoms. The van der Waals surface area contributed by atoms with Crippen molar-refractivity contribution in [2.45, 2.75) is 64.4 Å². The van der Waals surface area contributed by atoms with E-state index in [1.807, 2.05) is 48.7 Å². The second-order valence-electron chi connectivity index (χ2n) is 8.45. The van der Waals surface area contributed by atoms with E-state index in [4.69, 9.17) is 18.9 Å². The SMILES string of the molecule is COc1ncnc2c(CCCC3OC(C)(C)OC3CO)cn(COCc3ccccc3)c12. The molecule has 0 radical (unpaired) electrons. The maximum atomic E-state index is 9.60. The zero-order valence-electron chi connectivity index (χ0n) is 18.9. The summed E-state index contributed by atoms with van der Waals surface area (Å²) in [5.74, 6) is -0.135. The summed E-state index contributed by atoms with van der Waals surface area (Å²) in [5, 5.41) is 9.60. The molecule has 2 unspecified atom stereocenters. The first-order chi connectivity index (χ1) is 15.5. The van der Waals surface area contributed by atoms with Gasteiger partial charge < -0.3 is 28.6 Å². The Bertz CT molecular complexity index is 1020. The first-order valence-electron chi connectivity index (χ1n) is 11.0. The third-order valence-electron chi connectivity index (χ3n) is 5.63. The normalized spacial score (nSPS) is 20.1. The van der Waals surface area contributed by atoms with E-state index in [1.54, 1.807) is 7.11 Å². The van der Waals surface area contributed by atoms with Gasteiger partial charge in [-0.05, 0) is 44.2 Å². The van der Waals surface area contributed by atoms with Crippen LogP contribution in [0.3, 0.4) is 0 Å². The third-order valence-corrected chi connectivity index (χ3v) is 5.63. The Morgan fingerprint density at radius 1 is 1.12 bits per heavy atom. The molecule has 2 atom stereocenters. The van der Waals surface area contributed by atoms with Gasteiger partial charge in [0.2, 0.25) is 5.88 Å². The highest BCUT2D eigenvalue weighted by atomic mass is 16.8. The fraction of sp³-hybridized carbons (Fsp3) is 0.500. The van der Waals surface area contributed by atoms with Crippen molar-refractivity contribution >= 4 is 11.0 Å². The molecule has 0 aliphatic carbocycles. The number of hydrogen-bond acceptors (Lipinski definition) is 7. The molecule has 1 aliphatic rings. The average molecular weight is 442 g/mol. The van der Waals surface area contributed by atoms with Crippen LogP contribution in [0.25, 0.3) is 11.0 Å². The number of fused-ring (bicyclic) bond motifs is 1. The van der Waals surface area contributed by atoms with E-state index in [0.717, 1.165) is 41.4 Å². The highest BCUT2D eigenvalue weighted by Gasteiger charge is 2.40. The van der Waals surface area contributed by atoms with Gasteiger partial charge in [0.1, 0.15) is 24.7 Å². The summed E-state index contributed by atoms with van der Waals surface area (Å²) >= 11 is 0. The van der Waals surface area contributed by atoms with Gasteiger partial charge in [-0.25, -0.2) is 4.98 Å². The number of methoxy groups -OCH3 is 1. The number of nitrogens with zero attached hydrogens (tertiary/aromatic N) is 3. The Morgan fingerprint density at radius 3 is 2.66 bits per heavy atom. The summed E-state index contributed by atoms with van der Waals surface area (Å²) in [5.41, 5.74) is 3.91. The molecule has 1 aromatic carbocycles. The molecule has 0 amide bonds. The fourth-order valence-corrected chi connectivity index (χ4v) is 4.24. The smallest absolute Gasteiger partial charge is 0.241 e. The van der Waals surface area contributed by atoms with Crippen LogP contribution in [0.15, 0.2) is 42.9 Å². The van der Waals surface area contributed by atoms with Crippen LogP contribution in [0.2, 0.25) is 0 Å². The zero-order valence-corrected chi connectivity index (χ0v) is 18.9. The Kier molecular flexibility index (Phi) is 7.05. The van der Waals surface area contributed by atoms with Gasteiger partial charge in [-0.15, -0.1) is 0 Å². The number of hydrogen-bond donors (Lipinski definition) is 1. The molecule has 1 aliphatic heterocycles. The molecular weight excluding hydrogens is 410 g/mol. The van der Waals surface area contributed by atoms with Crippen molar-refractivity contribution in [1.29, 1.82) is 0 Å². The Balaban J connectivity index is 1.45. The Morgan fingerprint density at radius 2 is 1.91 bits per heavy atom. The molecular formula is C24H31N3O5. The first-order valence-corrected chi connectivity index (χ1v) is 11.0. The van der Waals surface area contributed by atoms with E-state index >= 15 is 0 Å². The van der Waals surface area contributed by atoms with Crippen LogP contribution in [0.1, 0.15) is 37.8 Å². The van der Waals surface area contributed by atoms with E-state index in [-0.39, 0.29) is 18.8 Å². The lowest BCUT2D eigenvalue weighted by atomic mass is 10.0. The van der Waals surface area contributed by atoms with Gasteiger partial charge in [0, 0.05) is 6.20 Å². The van der Waals surface area contributed by atoms with Crippen LogP contribution < -0.4 is 4.74 Å². The van der Waals surface area contributed by atoms with Gasteiger partial charge >= 0.3 is 0 Å². The quantitative estimate of drug-likeness (QED) is 0.516. The topological polar surface area (TPSA) is 87.9 Å². The molecule has 4 rings (SSSR count). The predicted molar refractivity (Wildman–Crippen MR) is 119 cm³/mol. The van der Waals surface area contributed by atoms with Gasteiger partial charge in [-0.1, -0.05) is 30.3 Å². The Hall–Kier alpha value is -2.52. The average Bonchev–Trinajstić information content (AvgIpc) is 3.30. The van der Waals surface area contributed by atoms with E-state index in [0.29, 0.717) is 19.2 Å². The first kappa shape index (κ1) is 22.7. The summed E-state index contributed by atoms with van der Waals surface area (Å²) in [6.07, 6.45) is 5.64. The zero-order chi connectivity index (χ0) is 22.6. The predicted octanol–water partition coefficient (Wildman–Crippen LogP) is 3.45. The summed E-state index contributed by atoms with van der Waals surface area (Å²) in [4.78, 5) is 8.79. The van der Waals surface area contributed by atoms with Gasteiger partial charge in [-0.2, -0.15) is 4.98 Å². The summed E-state index contributed by atoms with van der Waals surface area (Å²) in [6, 6.07) is 10.1. The molecule has 1 N–H and O–H groups in total. The molecule has 3 aromatic rings. The number of aliphatic hydroxyl groups excluding tert-OH is 1. The second-order valence-corrected chi connectivity index (χ2v) is 8.45. The minimum atomic E-state index is -0.662. The van der Waals surface area contributed by atoms with Crippen LogP contribution in [0.5, 0.6) is 5.88 Å². The molecule has 1 fully saturated rings. The van der Waals surface area contributed by atoms with Gasteiger partial charge in [-0.3, -0.25) is 0 Å². The van der Waals surface area contributed by atoms with E-state index in [1.165, 1.54) is 6.33 Å². The van der Waals surface area contributed by atoms with Gasteiger partial charge in [0.25, 0.3) is 0 Å². The molecule has 3 heterocycles. The standard InChI is InChI=1S/C24H31N3O5/c1-24(2)31-19(20(13-28)32-24)11-7-10-18-12-27(16-30-14-17-8-5-4-6-9-17)22-21(18)25-15-26-23(22)29-3/h4-6,8-9,12,15,19-20,28H,7,10-11,13-14,16H2,1-3H3. The van der Waals surface area contributed by atoms with E-state index in [9.17, 15) is 5.11 Å². The van der Waals surface area contributed by atoms with Crippen molar-refractivity contribution < 1.29 is 24.1 Å². The summed E-state index contributed by atoms with van der Waals surface area (Å²) < 4.78 is 25.2. The molecule has 8 heteroatoms. The van der Waals surface area contributed by atoms with Crippen LogP contribution in [0, 0.1) is 0 Å². The second kappa shape index (κ2) is 9.95. The lowest BCUT2D eigenvalue weighted by molar-refractivity contribution is -0.149.